The van der Waals surface area contributed by atoms with Crippen molar-refractivity contribution in [3.63, 3.8) is 0 Å². The van der Waals surface area contributed by atoms with Gasteiger partial charge in [-0.05, 0) is 18.9 Å². The average molecular weight is 445 g/mol. The number of benzene rings is 2. The summed E-state index contributed by atoms with van der Waals surface area (Å²) in [6, 6.07) is 20.8. The quantitative estimate of drug-likeness (QED) is 0.518. The molecule has 1 saturated heterocycles. The molecule has 1 fully saturated rings. The molecule has 1 aliphatic rings. The van der Waals surface area contributed by atoms with E-state index < -0.39 is 0 Å². The van der Waals surface area contributed by atoms with Crippen molar-refractivity contribution in [2.75, 3.05) is 37.6 Å². The Morgan fingerprint density at radius 1 is 0.909 bits per heavy atom. The molecule has 0 spiro atoms. The summed E-state index contributed by atoms with van der Waals surface area (Å²) < 4.78 is 0. The van der Waals surface area contributed by atoms with Crippen LogP contribution in [0.4, 0.5) is 5.82 Å². The second kappa shape index (κ2) is 11.4. The summed E-state index contributed by atoms with van der Waals surface area (Å²) in [5.41, 5.74) is 4.57. The zero-order valence-electron chi connectivity index (χ0n) is 20.0. The molecule has 0 bridgehead atoms. The first-order valence-electron chi connectivity index (χ1n) is 12.3. The average Bonchev–Trinajstić information content (AvgIpc) is 2.85. The molecule has 174 valence electrons. The van der Waals surface area contributed by atoms with Gasteiger partial charge in [0.2, 0.25) is 0 Å². The fourth-order valence-electron chi connectivity index (χ4n) is 4.54. The molecule has 5 heteroatoms. The summed E-state index contributed by atoms with van der Waals surface area (Å²) in [6.07, 6.45) is 3.71. The second-order valence-corrected chi connectivity index (χ2v) is 9.05. The van der Waals surface area contributed by atoms with Gasteiger partial charge in [0.1, 0.15) is 5.82 Å². The molecule has 2 aromatic carbocycles. The monoisotopic (exact) mass is 444 g/mol. The van der Waals surface area contributed by atoms with Gasteiger partial charge in [-0.2, -0.15) is 0 Å². The Hall–Kier alpha value is -2.76. The van der Waals surface area contributed by atoms with Crippen LogP contribution in [0.25, 0.3) is 11.4 Å². The number of hydrogen-bond acceptors (Lipinski definition) is 5. The number of β-amino-alcohol motifs (C(OH)–C–C–N with tert-alkyl or cyclic N) is 1. The number of aliphatic hydroxyl groups is 1. The van der Waals surface area contributed by atoms with E-state index in [0.717, 1.165) is 81.3 Å². The fourth-order valence-corrected chi connectivity index (χ4v) is 4.54. The molecule has 1 aliphatic heterocycles. The Kier molecular flexibility index (Phi) is 8.08. The van der Waals surface area contributed by atoms with Crippen LogP contribution >= 0.6 is 0 Å². The van der Waals surface area contributed by atoms with Crippen LogP contribution in [0.5, 0.6) is 0 Å². The zero-order valence-corrected chi connectivity index (χ0v) is 20.0. The first kappa shape index (κ1) is 23.4. The van der Waals surface area contributed by atoms with Crippen molar-refractivity contribution in [2.45, 2.75) is 45.6 Å². The van der Waals surface area contributed by atoms with Crippen LogP contribution in [0.15, 0.2) is 60.7 Å². The number of aryl methyl sites for hydroxylation is 1. The minimum Gasteiger partial charge on any atom is -0.392 e. The van der Waals surface area contributed by atoms with E-state index in [1.807, 2.05) is 18.2 Å². The fraction of sp³-hybridized carbons (Fsp3) is 0.429. The molecule has 0 aliphatic carbocycles. The summed E-state index contributed by atoms with van der Waals surface area (Å²) >= 11 is 0. The van der Waals surface area contributed by atoms with Gasteiger partial charge in [-0.3, -0.25) is 4.90 Å². The number of anilines is 1. The Morgan fingerprint density at radius 3 is 2.24 bits per heavy atom. The van der Waals surface area contributed by atoms with Crippen molar-refractivity contribution in [3.8, 4) is 11.4 Å². The van der Waals surface area contributed by atoms with Crippen molar-refractivity contribution in [1.82, 2.24) is 14.9 Å². The van der Waals surface area contributed by atoms with E-state index in [2.05, 4.69) is 66.1 Å². The van der Waals surface area contributed by atoms with E-state index in [1.54, 1.807) is 0 Å². The van der Waals surface area contributed by atoms with Gasteiger partial charge in [-0.25, -0.2) is 9.97 Å². The van der Waals surface area contributed by atoms with Crippen LogP contribution in [0.3, 0.4) is 0 Å². The van der Waals surface area contributed by atoms with Gasteiger partial charge in [0.25, 0.3) is 0 Å². The SMILES string of the molecule is CCCC[C@H](O)CN1CCN(c2nc(-c3ccccc3)nc(C)c2Cc2ccccc2)CC1. The summed E-state index contributed by atoms with van der Waals surface area (Å²) in [7, 11) is 0. The zero-order chi connectivity index (χ0) is 23.0. The standard InChI is InChI=1S/C28H36N4O/c1-3-4-15-25(33)21-31-16-18-32(19-17-31)28-26(20-23-11-7-5-8-12-23)22(2)29-27(30-28)24-13-9-6-10-14-24/h5-14,25,33H,3-4,15-21H2,1-2H3/t25-/m0/s1. The summed E-state index contributed by atoms with van der Waals surface area (Å²) in [5, 5.41) is 10.3. The van der Waals surface area contributed by atoms with Crippen LogP contribution in [0.1, 0.15) is 43.0 Å². The highest BCUT2D eigenvalue weighted by Gasteiger charge is 2.24. The smallest absolute Gasteiger partial charge is 0.161 e. The molecule has 1 atom stereocenters. The number of unbranched alkanes of at least 4 members (excludes halogenated alkanes) is 1. The van der Waals surface area contributed by atoms with Gasteiger partial charge >= 0.3 is 0 Å². The number of aromatic nitrogens is 2. The summed E-state index contributed by atoms with van der Waals surface area (Å²) in [5.74, 6) is 1.84. The number of piperazine rings is 1. The van der Waals surface area contributed by atoms with E-state index in [4.69, 9.17) is 9.97 Å². The van der Waals surface area contributed by atoms with Crippen molar-refractivity contribution in [1.29, 1.82) is 0 Å². The molecule has 1 aromatic heterocycles. The third-order valence-corrected chi connectivity index (χ3v) is 6.48. The second-order valence-electron chi connectivity index (χ2n) is 9.05. The first-order chi connectivity index (χ1) is 16.1. The van der Waals surface area contributed by atoms with Crippen LogP contribution in [0.2, 0.25) is 0 Å². The molecular formula is C28H36N4O. The molecule has 0 radical (unpaired) electrons. The van der Waals surface area contributed by atoms with Gasteiger partial charge in [0, 0.05) is 56.0 Å². The highest BCUT2D eigenvalue weighted by molar-refractivity contribution is 5.61. The lowest BCUT2D eigenvalue weighted by Gasteiger charge is -2.37. The maximum absolute atomic E-state index is 10.3. The Balaban J connectivity index is 1.57. The molecular weight excluding hydrogens is 408 g/mol. The molecule has 3 aromatic rings. The third-order valence-electron chi connectivity index (χ3n) is 6.48. The van der Waals surface area contributed by atoms with Gasteiger partial charge in [-0.1, -0.05) is 80.4 Å². The lowest BCUT2D eigenvalue weighted by molar-refractivity contribution is 0.100. The van der Waals surface area contributed by atoms with Gasteiger partial charge in [0.15, 0.2) is 5.82 Å². The Morgan fingerprint density at radius 2 is 1.58 bits per heavy atom. The first-order valence-corrected chi connectivity index (χ1v) is 12.3. The maximum Gasteiger partial charge on any atom is 0.161 e. The maximum atomic E-state index is 10.3. The summed E-state index contributed by atoms with van der Waals surface area (Å²) in [4.78, 5) is 14.8. The van der Waals surface area contributed by atoms with E-state index in [1.165, 1.54) is 11.1 Å². The molecule has 4 rings (SSSR count). The Bertz CT molecular complexity index is 1000. The largest absolute Gasteiger partial charge is 0.392 e. The minimum atomic E-state index is -0.226. The van der Waals surface area contributed by atoms with Crippen LogP contribution in [-0.2, 0) is 6.42 Å². The van der Waals surface area contributed by atoms with Crippen LogP contribution in [0, 0.1) is 6.92 Å². The van der Waals surface area contributed by atoms with E-state index in [9.17, 15) is 5.11 Å². The van der Waals surface area contributed by atoms with Gasteiger partial charge in [0.05, 0.1) is 6.10 Å². The molecule has 0 saturated carbocycles. The molecule has 0 unspecified atom stereocenters. The predicted molar refractivity (Wildman–Crippen MR) is 136 cm³/mol. The van der Waals surface area contributed by atoms with E-state index >= 15 is 0 Å². The van der Waals surface area contributed by atoms with E-state index in [-0.39, 0.29) is 6.10 Å². The van der Waals surface area contributed by atoms with Gasteiger partial charge < -0.3 is 10.0 Å². The van der Waals surface area contributed by atoms with E-state index in [0.29, 0.717) is 0 Å². The minimum absolute atomic E-state index is 0.226. The molecule has 5 nitrogen and oxygen atoms in total. The number of rotatable bonds is 9. The van der Waals surface area contributed by atoms with Crippen molar-refractivity contribution < 1.29 is 5.11 Å². The van der Waals surface area contributed by atoms with Crippen molar-refractivity contribution in [3.05, 3.63) is 77.5 Å². The summed E-state index contributed by atoms with van der Waals surface area (Å²) in [6.45, 7) is 8.75. The molecule has 1 N–H and O–H groups in total. The predicted octanol–water partition coefficient (Wildman–Crippen LogP) is 4.72. The number of nitrogens with zero attached hydrogens (tertiary/aromatic N) is 4. The van der Waals surface area contributed by atoms with Gasteiger partial charge in [-0.15, -0.1) is 0 Å². The third kappa shape index (κ3) is 6.18. The van der Waals surface area contributed by atoms with Crippen molar-refractivity contribution in [2.24, 2.45) is 0 Å². The molecule has 33 heavy (non-hydrogen) atoms. The lowest BCUT2D eigenvalue weighted by Crippen LogP contribution is -2.49. The number of aliphatic hydroxyl groups excluding tert-OH is 1. The highest BCUT2D eigenvalue weighted by Crippen LogP contribution is 2.28. The van der Waals surface area contributed by atoms with Crippen molar-refractivity contribution >= 4 is 5.82 Å². The highest BCUT2D eigenvalue weighted by atomic mass is 16.3. The van der Waals surface area contributed by atoms with Crippen LogP contribution in [-0.4, -0.2) is 58.8 Å². The topological polar surface area (TPSA) is 52.5 Å². The number of hydrogen-bond donors (Lipinski definition) is 1. The molecule has 2 heterocycles. The lowest BCUT2D eigenvalue weighted by atomic mass is 10.0. The molecule has 0 amide bonds. The normalized spacial score (nSPS) is 15.5. The van der Waals surface area contributed by atoms with Crippen LogP contribution < -0.4 is 4.90 Å². The Labute approximate surface area is 198 Å².